The Morgan fingerprint density at radius 1 is 1.24 bits per heavy atom. The van der Waals surface area contributed by atoms with Crippen molar-refractivity contribution in [1.82, 2.24) is 19.7 Å². The Balaban J connectivity index is 2.02. The van der Waals surface area contributed by atoms with Gasteiger partial charge in [-0.05, 0) is 36.8 Å². The summed E-state index contributed by atoms with van der Waals surface area (Å²) in [5.74, 6) is -0.753. The Hall–Kier alpha value is -4.00. The van der Waals surface area contributed by atoms with Crippen molar-refractivity contribution in [3.8, 4) is 17.5 Å². The number of hydrogen-bond donors (Lipinski definition) is 1. The van der Waals surface area contributed by atoms with Crippen LogP contribution in [0.2, 0.25) is 0 Å². The number of hydrogen-bond acceptors (Lipinski definition) is 5. The van der Waals surface area contributed by atoms with Gasteiger partial charge in [0.05, 0.1) is 16.7 Å². The van der Waals surface area contributed by atoms with Crippen LogP contribution in [-0.4, -0.2) is 25.7 Å². The number of rotatable bonds is 4. The fourth-order valence-electron chi connectivity index (χ4n) is 2.61. The average molecular weight is 398 g/mol. The lowest BCUT2D eigenvalue weighted by Crippen LogP contribution is -2.14. The summed E-state index contributed by atoms with van der Waals surface area (Å²) in [6.07, 6.45) is 0.672. The Kier molecular flexibility index (Phi) is 5.14. The zero-order valence-corrected chi connectivity index (χ0v) is 15.0. The van der Waals surface area contributed by atoms with E-state index >= 15 is 0 Å². The topological polar surface area (TPSA) is 110 Å². The minimum atomic E-state index is -4.50. The van der Waals surface area contributed by atoms with Gasteiger partial charge in [-0.3, -0.25) is 9.78 Å². The molecule has 0 atom stereocenters. The zero-order chi connectivity index (χ0) is 21.2. The molecule has 0 unspecified atom stereocenters. The van der Waals surface area contributed by atoms with Gasteiger partial charge in [0.25, 0.3) is 5.91 Å². The van der Waals surface area contributed by atoms with Gasteiger partial charge in [0, 0.05) is 29.7 Å². The van der Waals surface area contributed by atoms with Crippen LogP contribution < -0.4 is 5.73 Å². The fourth-order valence-corrected chi connectivity index (χ4v) is 2.61. The van der Waals surface area contributed by atoms with Crippen molar-refractivity contribution in [2.24, 2.45) is 5.73 Å². The molecule has 0 saturated heterocycles. The summed E-state index contributed by atoms with van der Waals surface area (Å²) in [4.78, 5) is 19.7. The minimum absolute atomic E-state index is 0.00581. The lowest BCUT2D eigenvalue weighted by Gasteiger charge is -2.09. The summed E-state index contributed by atoms with van der Waals surface area (Å²) in [6.45, 7) is 1.54. The normalized spacial score (nSPS) is 11.9. The molecule has 2 aromatic heterocycles. The van der Waals surface area contributed by atoms with E-state index in [9.17, 15) is 18.0 Å². The highest BCUT2D eigenvalue weighted by Gasteiger charge is 2.31. The maximum Gasteiger partial charge on any atom is 0.416 e. The summed E-state index contributed by atoms with van der Waals surface area (Å²) in [6, 6.07) is 6.83. The minimum Gasteiger partial charge on any atom is -0.366 e. The van der Waals surface area contributed by atoms with Crippen LogP contribution in [0, 0.1) is 18.3 Å². The fraction of sp³-hybridized carbons (Fsp3) is 0.105. The predicted octanol–water partition coefficient (Wildman–Crippen LogP) is 3.02. The van der Waals surface area contributed by atoms with E-state index in [-0.39, 0.29) is 22.5 Å². The number of primary amides is 1. The molecule has 0 aliphatic heterocycles. The molecule has 2 heterocycles. The van der Waals surface area contributed by atoms with E-state index in [0.29, 0.717) is 11.1 Å². The van der Waals surface area contributed by atoms with Crippen LogP contribution >= 0.6 is 0 Å². The van der Waals surface area contributed by atoms with E-state index in [2.05, 4.69) is 15.1 Å². The molecule has 7 nitrogen and oxygen atoms in total. The number of carbonyl (C=O) groups excluding carboxylic acids is 1. The lowest BCUT2D eigenvalue weighted by atomic mass is 10.1. The van der Waals surface area contributed by atoms with Crippen LogP contribution in [0.3, 0.4) is 0 Å². The average Bonchev–Trinajstić information content (AvgIpc) is 3.13. The number of aromatic nitrogens is 4. The second-order valence-electron chi connectivity index (χ2n) is 6.11. The van der Waals surface area contributed by atoms with Gasteiger partial charge in [-0.25, -0.2) is 9.67 Å². The molecule has 0 aliphatic carbocycles. The maximum absolute atomic E-state index is 13.0. The number of nitrogens with zero attached hydrogens (tertiary/aromatic N) is 5. The molecule has 0 saturated carbocycles. The summed E-state index contributed by atoms with van der Waals surface area (Å²) < 4.78 is 40.3. The van der Waals surface area contributed by atoms with Crippen molar-refractivity contribution in [3.63, 3.8) is 0 Å². The molecule has 0 radical (unpaired) electrons. The number of carbonyl (C=O) groups is 1. The second kappa shape index (κ2) is 7.55. The SMILES string of the molecule is Cc1cc(-c2ncn(/C=C(\C(N)=O)c3cncc(C#N)c3)n2)cc(C(F)(F)F)c1. The highest BCUT2D eigenvalue weighted by molar-refractivity contribution is 6.22. The van der Waals surface area contributed by atoms with E-state index in [1.807, 2.05) is 6.07 Å². The molecule has 0 spiro atoms. The van der Waals surface area contributed by atoms with Crippen molar-refractivity contribution in [1.29, 1.82) is 5.26 Å². The van der Waals surface area contributed by atoms with Crippen LogP contribution in [0.25, 0.3) is 23.2 Å². The van der Waals surface area contributed by atoms with Gasteiger partial charge >= 0.3 is 6.18 Å². The number of benzene rings is 1. The van der Waals surface area contributed by atoms with Crippen LogP contribution in [0.15, 0.2) is 43.0 Å². The van der Waals surface area contributed by atoms with E-state index < -0.39 is 17.6 Å². The third kappa shape index (κ3) is 4.47. The molecule has 0 bridgehead atoms. The molecule has 1 aromatic carbocycles. The van der Waals surface area contributed by atoms with Gasteiger partial charge in [-0.2, -0.15) is 18.4 Å². The van der Waals surface area contributed by atoms with Crippen LogP contribution in [-0.2, 0) is 11.0 Å². The molecule has 2 N–H and O–H groups in total. The highest BCUT2D eigenvalue weighted by Crippen LogP contribution is 2.32. The largest absolute Gasteiger partial charge is 0.416 e. The Morgan fingerprint density at radius 3 is 2.66 bits per heavy atom. The van der Waals surface area contributed by atoms with Crippen LogP contribution in [0.4, 0.5) is 13.2 Å². The third-order valence-corrected chi connectivity index (χ3v) is 3.88. The molecule has 146 valence electrons. The van der Waals surface area contributed by atoms with Crippen LogP contribution in [0.5, 0.6) is 0 Å². The predicted molar refractivity (Wildman–Crippen MR) is 97.5 cm³/mol. The van der Waals surface area contributed by atoms with Crippen molar-refractivity contribution in [2.45, 2.75) is 13.1 Å². The number of alkyl halides is 3. The van der Waals surface area contributed by atoms with E-state index in [4.69, 9.17) is 11.0 Å². The molecule has 3 rings (SSSR count). The standard InChI is InChI=1S/C19H13F3N6O/c1-11-2-13(5-15(3-11)19(20,21)22)18-26-10-28(27-18)9-16(17(24)29)14-4-12(6-23)7-25-8-14/h2-5,7-10H,1H3,(H2,24,29)/b16-9-. The number of amides is 1. The molecule has 0 aliphatic rings. The molecule has 0 fully saturated rings. The third-order valence-electron chi connectivity index (χ3n) is 3.88. The first-order valence-electron chi connectivity index (χ1n) is 8.15. The quantitative estimate of drug-likeness (QED) is 0.679. The molecule has 10 heteroatoms. The number of nitriles is 1. The van der Waals surface area contributed by atoms with Crippen LogP contribution in [0.1, 0.15) is 22.3 Å². The van der Waals surface area contributed by atoms with Crippen molar-refractivity contribution in [2.75, 3.05) is 0 Å². The van der Waals surface area contributed by atoms with Gasteiger partial charge in [0.15, 0.2) is 5.82 Å². The Labute approximate surface area is 162 Å². The first-order chi connectivity index (χ1) is 13.7. The molecule has 3 aromatic rings. The van der Waals surface area contributed by atoms with E-state index in [1.54, 1.807) is 0 Å². The summed E-state index contributed by atoms with van der Waals surface area (Å²) >= 11 is 0. The highest BCUT2D eigenvalue weighted by atomic mass is 19.4. The van der Waals surface area contributed by atoms with E-state index in [0.717, 1.165) is 16.8 Å². The van der Waals surface area contributed by atoms with Gasteiger partial charge in [-0.1, -0.05) is 0 Å². The zero-order valence-electron chi connectivity index (χ0n) is 15.0. The second-order valence-corrected chi connectivity index (χ2v) is 6.11. The number of nitrogens with two attached hydrogens (primary N) is 1. The lowest BCUT2D eigenvalue weighted by molar-refractivity contribution is -0.137. The first-order valence-corrected chi connectivity index (χ1v) is 8.15. The molecule has 1 amide bonds. The monoisotopic (exact) mass is 398 g/mol. The van der Waals surface area contributed by atoms with Crippen molar-refractivity contribution < 1.29 is 18.0 Å². The number of halogens is 3. The van der Waals surface area contributed by atoms with E-state index in [1.165, 1.54) is 44.0 Å². The smallest absolute Gasteiger partial charge is 0.366 e. The molecule has 29 heavy (non-hydrogen) atoms. The van der Waals surface area contributed by atoms with Gasteiger partial charge in [0.2, 0.25) is 0 Å². The maximum atomic E-state index is 13.0. The molecular formula is C19H13F3N6O. The van der Waals surface area contributed by atoms with Crippen molar-refractivity contribution in [3.05, 3.63) is 65.2 Å². The van der Waals surface area contributed by atoms with Crippen molar-refractivity contribution >= 4 is 17.7 Å². The summed E-state index contributed by atoms with van der Waals surface area (Å²) in [7, 11) is 0. The van der Waals surface area contributed by atoms with Gasteiger partial charge in [-0.15, -0.1) is 5.10 Å². The summed E-state index contributed by atoms with van der Waals surface area (Å²) in [5, 5.41) is 13.1. The Bertz CT molecular complexity index is 1160. The first kappa shape index (κ1) is 19.8. The number of aryl methyl sites for hydroxylation is 1. The van der Waals surface area contributed by atoms with Gasteiger partial charge < -0.3 is 5.73 Å². The summed E-state index contributed by atoms with van der Waals surface area (Å²) in [5.41, 5.74) is 5.71. The Morgan fingerprint density at radius 2 is 2.00 bits per heavy atom. The number of pyridine rings is 1. The molecular weight excluding hydrogens is 385 g/mol. The van der Waals surface area contributed by atoms with Gasteiger partial charge in [0.1, 0.15) is 12.4 Å².